The molecule has 0 heterocycles. The van der Waals surface area contributed by atoms with Gasteiger partial charge in [-0.2, -0.15) is 0 Å². The highest BCUT2D eigenvalue weighted by Crippen LogP contribution is 2.28. The summed E-state index contributed by atoms with van der Waals surface area (Å²) >= 11 is 0. The molecule has 0 saturated heterocycles. The second kappa shape index (κ2) is 6.11. The van der Waals surface area contributed by atoms with Gasteiger partial charge in [-0.05, 0) is 33.2 Å². The Morgan fingerprint density at radius 1 is 1.44 bits per heavy atom. The molecule has 1 aromatic rings. The molecule has 0 unspecified atom stereocenters. The summed E-state index contributed by atoms with van der Waals surface area (Å²) in [6.07, 6.45) is 0. The standard InChI is InChI=1S/C12H16N2O4/c1-9(15)10-4-5-12(11(8-10)14(16)17)18-7-6-13(2)3/h4-5,8H,6-7H2,1-3H3. The van der Waals surface area contributed by atoms with Gasteiger partial charge in [0.15, 0.2) is 11.5 Å². The van der Waals surface area contributed by atoms with E-state index in [-0.39, 0.29) is 17.2 Å². The first-order chi connectivity index (χ1) is 8.41. The maximum atomic E-state index is 11.2. The summed E-state index contributed by atoms with van der Waals surface area (Å²) in [6, 6.07) is 4.23. The molecule has 0 spiro atoms. The van der Waals surface area contributed by atoms with Crippen molar-refractivity contribution in [2.75, 3.05) is 27.2 Å². The number of ether oxygens (including phenoxy) is 1. The molecule has 1 rings (SSSR count). The third kappa shape index (κ3) is 3.81. The molecule has 0 aliphatic heterocycles. The van der Waals surface area contributed by atoms with Crippen molar-refractivity contribution in [1.82, 2.24) is 4.90 Å². The minimum atomic E-state index is -0.544. The Morgan fingerprint density at radius 3 is 2.61 bits per heavy atom. The predicted molar refractivity (Wildman–Crippen MR) is 67.1 cm³/mol. The Balaban J connectivity index is 2.90. The average molecular weight is 252 g/mol. The predicted octanol–water partition coefficient (Wildman–Crippen LogP) is 1.74. The van der Waals surface area contributed by atoms with Gasteiger partial charge in [-0.25, -0.2) is 0 Å². The van der Waals surface area contributed by atoms with Crippen LogP contribution in [0.2, 0.25) is 0 Å². The second-order valence-electron chi connectivity index (χ2n) is 4.15. The van der Waals surface area contributed by atoms with Gasteiger partial charge in [0.25, 0.3) is 0 Å². The number of benzene rings is 1. The van der Waals surface area contributed by atoms with Crippen molar-refractivity contribution in [2.24, 2.45) is 0 Å². The summed E-state index contributed by atoms with van der Waals surface area (Å²) in [5, 5.41) is 10.9. The molecule has 0 aliphatic rings. The summed E-state index contributed by atoms with van der Waals surface area (Å²) in [5.74, 6) is -0.0233. The lowest BCUT2D eigenvalue weighted by Crippen LogP contribution is -2.19. The number of nitro groups is 1. The first kappa shape index (κ1) is 14.1. The van der Waals surface area contributed by atoms with E-state index in [9.17, 15) is 14.9 Å². The number of ketones is 1. The molecule has 0 fully saturated rings. The van der Waals surface area contributed by atoms with Gasteiger partial charge in [0, 0.05) is 18.2 Å². The van der Waals surface area contributed by atoms with Crippen LogP contribution in [-0.4, -0.2) is 42.9 Å². The van der Waals surface area contributed by atoms with Gasteiger partial charge in [0.2, 0.25) is 0 Å². The van der Waals surface area contributed by atoms with Gasteiger partial charge >= 0.3 is 5.69 Å². The van der Waals surface area contributed by atoms with Crippen LogP contribution in [0.25, 0.3) is 0 Å². The highest BCUT2D eigenvalue weighted by atomic mass is 16.6. The molecule has 98 valence electrons. The summed E-state index contributed by atoms with van der Waals surface area (Å²) in [6.45, 7) is 2.38. The zero-order valence-corrected chi connectivity index (χ0v) is 10.7. The number of hydrogen-bond donors (Lipinski definition) is 0. The molecule has 0 bridgehead atoms. The van der Waals surface area contributed by atoms with Crippen molar-refractivity contribution in [3.63, 3.8) is 0 Å². The highest BCUT2D eigenvalue weighted by molar-refractivity contribution is 5.95. The molecule has 0 amide bonds. The number of likely N-dealkylation sites (N-methyl/N-ethyl adjacent to an activating group) is 1. The Morgan fingerprint density at radius 2 is 2.11 bits per heavy atom. The molecule has 0 radical (unpaired) electrons. The number of hydrogen-bond acceptors (Lipinski definition) is 5. The average Bonchev–Trinajstić information content (AvgIpc) is 2.28. The first-order valence-electron chi connectivity index (χ1n) is 5.48. The van der Waals surface area contributed by atoms with Crippen molar-refractivity contribution < 1.29 is 14.5 Å². The van der Waals surface area contributed by atoms with Crippen LogP contribution in [0.1, 0.15) is 17.3 Å². The molecule has 6 heteroatoms. The van der Waals surface area contributed by atoms with E-state index in [1.807, 2.05) is 19.0 Å². The summed E-state index contributed by atoms with van der Waals surface area (Å²) < 4.78 is 5.35. The number of rotatable bonds is 6. The Labute approximate surface area is 105 Å². The zero-order valence-electron chi connectivity index (χ0n) is 10.7. The number of nitro benzene ring substituents is 1. The van der Waals surface area contributed by atoms with Crippen molar-refractivity contribution in [3.05, 3.63) is 33.9 Å². The number of carbonyl (C=O) groups is 1. The van der Waals surface area contributed by atoms with Gasteiger partial charge in [0.1, 0.15) is 6.61 Å². The molecule has 0 aromatic heterocycles. The quantitative estimate of drug-likeness (QED) is 0.438. The van der Waals surface area contributed by atoms with Crippen LogP contribution in [0.3, 0.4) is 0 Å². The fourth-order valence-corrected chi connectivity index (χ4v) is 1.34. The zero-order chi connectivity index (χ0) is 13.7. The van der Waals surface area contributed by atoms with Crippen LogP contribution >= 0.6 is 0 Å². The van der Waals surface area contributed by atoms with Gasteiger partial charge in [-0.15, -0.1) is 0 Å². The van der Waals surface area contributed by atoms with Crippen LogP contribution < -0.4 is 4.74 Å². The minimum Gasteiger partial charge on any atom is -0.485 e. The van der Waals surface area contributed by atoms with Crippen LogP contribution in [0.15, 0.2) is 18.2 Å². The van der Waals surface area contributed by atoms with E-state index >= 15 is 0 Å². The van der Waals surface area contributed by atoms with E-state index in [0.717, 1.165) is 0 Å². The Bertz CT molecular complexity index is 457. The van der Waals surface area contributed by atoms with Crippen LogP contribution in [-0.2, 0) is 0 Å². The number of nitrogens with zero attached hydrogens (tertiary/aromatic N) is 2. The fraction of sp³-hybridized carbons (Fsp3) is 0.417. The van der Waals surface area contributed by atoms with E-state index in [0.29, 0.717) is 18.7 Å². The monoisotopic (exact) mass is 252 g/mol. The second-order valence-corrected chi connectivity index (χ2v) is 4.15. The van der Waals surface area contributed by atoms with Crippen molar-refractivity contribution in [1.29, 1.82) is 0 Å². The molecular weight excluding hydrogens is 236 g/mol. The van der Waals surface area contributed by atoms with E-state index in [2.05, 4.69) is 0 Å². The summed E-state index contributed by atoms with van der Waals surface area (Å²) in [4.78, 5) is 23.4. The van der Waals surface area contributed by atoms with Gasteiger partial charge in [-0.1, -0.05) is 0 Å². The normalized spacial score (nSPS) is 10.4. The molecule has 0 atom stereocenters. The first-order valence-corrected chi connectivity index (χ1v) is 5.48. The smallest absolute Gasteiger partial charge is 0.311 e. The van der Waals surface area contributed by atoms with Gasteiger partial charge < -0.3 is 9.64 Å². The van der Waals surface area contributed by atoms with E-state index in [1.165, 1.54) is 25.1 Å². The topological polar surface area (TPSA) is 72.7 Å². The fourth-order valence-electron chi connectivity index (χ4n) is 1.34. The van der Waals surface area contributed by atoms with Crippen molar-refractivity contribution >= 4 is 11.5 Å². The maximum absolute atomic E-state index is 11.2. The highest BCUT2D eigenvalue weighted by Gasteiger charge is 2.17. The summed E-state index contributed by atoms with van der Waals surface area (Å²) in [7, 11) is 3.77. The molecule has 0 N–H and O–H groups in total. The molecule has 18 heavy (non-hydrogen) atoms. The summed E-state index contributed by atoms with van der Waals surface area (Å²) in [5.41, 5.74) is 0.128. The van der Waals surface area contributed by atoms with E-state index in [4.69, 9.17) is 4.74 Å². The van der Waals surface area contributed by atoms with Crippen molar-refractivity contribution in [3.8, 4) is 5.75 Å². The Hall–Kier alpha value is -1.95. The molecule has 0 aliphatic carbocycles. The largest absolute Gasteiger partial charge is 0.485 e. The molecule has 0 saturated carbocycles. The lowest BCUT2D eigenvalue weighted by atomic mass is 10.1. The maximum Gasteiger partial charge on any atom is 0.311 e. The molecule has 1 aromatic carbocycles. The van der Waals surface area contributed by atoms with E-state index in [1.54, 1.807) is 0 Å². The SMILES string of the molecule is CC(=O)c1ccc(OCCN(C)C)c([N+](=O)[O-])c1. The van der Waals surface area contributed by atoms with Gasteiger partial charge in [0.05, 0.1) is 4.92 Å². The van der Waals surface area contributed by atoms with Crippen LogP contribution in [0.5, 0.6) is 5.75 Å². The van der Waals surface area contributed by atoms with Crippen LogP contribution in [0, 0.1) is 10.1 Å². The number of Topliss-reactive ketones (excluding diaryl/α,β-unsaturated/α-hetero) is 1. The lowest BCUT2D eigenvalue weighted by Gasteiger charge is -2.11. The number of carbonyl (C=O) groups excluding carboxylic acids is 1. The van der Waals surface area contributed by atoms with Crippen LogP contribution in [0.4, 0.5) is 5.69 Å². The van der Waals surface area contributed by atoms with Gasteiger partial charge in [-0.3, -0.25) is 14.9 Å². The van der Waals surface area contributed by atoms with E-state index < -0.39 is 4.92 Å². The Kier molecular flexibility index (Phi) is 4.79. The third-order valence-electron chi connectivity index (χ3n) is 2.36. The molecular formula is C12H16N2O4. The third-order valence-corrected chi connectivity index (χ3v) is 2.36. The van der Waals surface area contributed by atoms with Crippen molar-refractivity contribution in [2.45, 2.75) is 6.92 Å². The lowest BCUT2D eigenvalue weighted by molar-refractivity contribution is -0.385. The molecule has 6 nitrogen and oxygen atoms in total. The minimum absolute atomic E-state index is 0.179.